The summed E-state index contributed by atoms with van der Waals surface area (Å²) in [6.45, 7) is 5.11. The molecule has 5 heteroatoms. The Labute approximate surface area is 156 Å². The lowest BCUT2D eigenvalue weighted by Gasteiger charge is -2.23. The molecule has 0 spiro atoms. The number of nitrogens with one attached hydrogen (secondary N) is 2. The van der Waals surface area contributed by atoms with Crippen LogP contribution in [-0.2, 0) is 6.54 Å². The van der Waals surface area contributed by atoms with Crippen molar-refractivity contribution in [2.75, 3.05) is 13.6 Å². The molecule has 2 N–H and O–H groups in total. The number of rotatable bonds is 6. The minimum Gasteiger partial charge on any atom is -0.490 e. The van der Waals surface area contributed by atoms with Gasteiger partial charge in [-0.25, -0.2) is 0 Å². The van der Waals surface area contributed by atoms with Crippen molar-refractivity contribution in [3.8, 4) is 5.75 Å². The minimum absolute atomic E-state index is 0. The standard InChI is InChI=1S/C18H27N3O.HI/c1-3-12-20-18(19-2)21-14-15-8-7-11-17(13-15)22-16-9-5-4-6-10-16;/h3,7-8,11,13,16H,1,4-6,9-10,12,14H2,2H3,(H2,19,20,21);1H. The van der Waals surface area contributed by atoms with E-state index in [1.165, 1.54) is 37.7 Å². The molecule has 0 saturated heterocycles. The molecular formula is C18H28IN3O. The van der Waals surface area contributed by atoms with E-state index in [0.29, 0.717) is 12.6 Å². The van der Waals surface area contributed by atoms with Crippen LogP contribution in [0.4, 0.5) is 0 Å². The second kappa shape index (κ2) is 11.3. The molecule has 1 aliphatic rings. The summed E-state index contributed by atoms with van der Waals surface area (Å²) >= 11 is 0. The van der Waals surface area contributed by atoms with Gasteiger partial charge in [0.1, 0.15) is 5.75 Å². The second-order valence-electron chi connectivity index (χ2n) is 5.62. The van der Waals surface area contributed by atoms with Gasteiger partial charge in [-0.1, -0.05) is 24.6 Å². The monoisotopic (exact) mass is 429 g/mol. The topological polar surface area (TPSA) is 45.7 Å². The van der Waals surface area contributed by atoms with Crippen LogP contribution >= 0.6 is 24.0 Å². The fourth-order valence-electron chi connectivity index (χ4n) is 2.68. The van der Waals surface area contributed by atoms with E-state index in [9.17, 15) is 0 Å². The number of guanidine groups is 1. The van der Waals surface area contributed by atoms with E-state index < -0.39 is 0 Å². The summed E-state index contributed by atoms with van der Waals surface area (Å²) in [6, 6.07) is 8.31. The summed E-state index contributed by atoms with van der Waals surface area (Å²) in [4.78, 5) is 4.17. The highest BCUT2D eigenvalue weighted by Crippen LogP contribution is 2.23. The second-order valence-corrected chi connectivity index (χ2v) is 5.62. The molecule has 23 heavy (non-hydrogen) atoms. The zero-order valence-electron chi connectivity index (χ0n) is 13.9. The summed E-state index contributed by atoms with van der Waals surface area (Å²) in [5, 5.41) is 6.45. The van der Waals surface area contributed by atoms with Gasteiger partial charge < -0.3 is 15.4 Å². The molecule has 1 aromatic carbocycles. The number of nitrogens with zero attached hydrogens (tertiary/aromatic N) is 1. The fourth-order valence-corrected chi connectivity index (χ4v) is 2.68. The van der Waals surface area contributed by atoms with E-state index in [1.54, 1.807) is 7.05 Å². The van der Waals surface area contributed by atoms with Crippen molar-refractivity contribution < 1.29 is 4.74 Å². The maximum Gasteiger partial charge on any atom is 0.191 e. The highest BCUT2D eigenvalue weighted by molar-refractivity contribution is 14.0. The molecule has 1 aromatic rings. The maximum absolute atomic E-state index is 6.11. The van der Waals surface area contributed by atoms with Gasteiger partial charge in [-0.2, -0.15) is 0 Å². The summed E-state index contributed by atoms with van der Waals surface area (Å²) in [7, 11) is 1.76. The van der Waals surface area contributed by atoms with E-state index in [1.807, 2.05) is 12.1 Å². The molecule has 2 rings (SSSR count). The van der Waals surface area contributed by atoms with Crippen LogP contribution < -0.4 is 15.4 Å². The van der Waals surface area contributed by atoms with Crippen LogP contribution in [0.3, 0.4) is 0 Å². The highest BCUT2D eigenvalue weighted by atomic mass is 127. The van der Waals surface area contributed by atoms with E-state index in [2.05, 4.69) is 40.4 Å². The number of hydrogen-bond donors (Lipinski definition) is 2. The lowest BCUT2D eigenvalue weighted by Crippen LogP contribution is -2.36. The predicted molar refractivity (Wildman–Crippen MR) is 108 cm³/mol. The zero-order chi connectivity index (χ0) is 15.6. The Hall–Kier alpha value is -1.24. The summed E-state index contributed by atoms with van der Waals surface area (Å²) in [5.41, 5.74) is 1.19. The first kappa shape index (κ1) is 19.8. The molecule has 0 unspecified atom stereocenters. The number of aliphatic imine (C=N–C) groups is 1. The predicted octanol–water partition coefficient (Wildman–Crippen LogP) is 3.87. The van der Waals surface area contributed by atoms with Crippen LogP contribution in [0.5, 0.6) is 5.75 Å². The Morgan fingerprint density at radius 1 is 1.30 bits per heavy atom. The first-order chi connectivity index (χ1) is 10.8. The van der Waals surface area contributed by atoms with Gasteiger partial charge in [-0.3, -0.25) is 4.99 Å². The average Bonchev–Trinajstić information content (AvgIpc) is 2.56. The molecule has 0 aliphatic heterocycles. The van der Waals surface area contributed by atoms with E-state index in [4.69, 9.17) is 4.74 Å². The molecule has 0 amide bonds. The van der Waals surface area contributed by atoms with Gasteiger partial charge in [0.2, 0.25) is 0 Å². The Bertz CT molecular complexity index is 499. The molecule has 4 nitrogen and oxygen atoms in total. The fraction of sp³-hybridized carbons (Fsp3) is 0.500. The molecule has 0 radical (unpaired) electrons. The highest BCUT2D eigenvalue weighted by Gasteiger charge is 2.14. The van der Waals surface area contributed by atoms with E-state index in [-0.39, 0.29) is 24.0 Å². The summed E-state index contributed by atoms with van der Waals surface area (Å²) < 4.78 is 6.11. The SMILES string of the molecule is C=CCNC(=NC)NCc1cccc(OC2CCCCC2)c1.I. The molecule has 1 fully saturated rings. The van der Waals surface area contributed by atoms with Crippen molar-refractivity contribution in [2.24, 2.45) is 4.99 Å². The van der Waals surface area contributed by atoms with E-state index in [0.717, 1.165) is 18.3 Å². The average molecular weight is 429 g/mol. The van der Waals surface area contributed by atoms with Crippen molar-refractivity contribution >= 4 is 29.9 Å². The third kappa shape index (κ3) is 7.24. The molecule has 0 bridgehead atoms. The van der Waals surface area contributed by atoms with Crippen molar-refractivity contribution in [1.29, 1.82) is 0 Å². The molecule has 0 aromatic heterocycles. The van der Waals surface area contributed by atoms with Crippen LogP contribution in [-0.4, -0.2) is 25.7 Å². The first-order valence-corrected chi connectivity index (χ1v) is 8.13. The normalized spacial score (nSPS) is 15.4. The first-order valence-electron chi connectivity index (χ1n) is 8.13. The van der Waals surface area contributed by atoms with Crippen molar-refractivity contribution in [1.82, 2.24) is 10.6 Å². The molecule has 0 heterocycles. The van der Waals surface area contributed by atoms with Gasteiger partial charge >= 0.3 is 0 Å². The van der Waals surface area contributed by atoms with Gasteiger partial charge in [0, 0.05) is 20.1 Å². The number of benzene rings is 1. The van der Waals surface area contributed by atoms with Crippen LogP contribution in [0.15, 0.2) is 41.9 Å². The van der Waals surface area contributed by atoms with Gasteiger partial charge in [-0.15, -0.1) is 30.6 Å². The van der Waals surface area contributed by atoms with Gasteiger partial charge in [-0.05, 0) is 43.4 Å². The molecule has 1 saturated carbocycles. The lowest BCUT2D eigenvalue weighted by molar-refractivity contribution is 0.155. The number of halogens is 1. The summed E-state index contributed by atoms with van der Waals surface area (Å²) in [6.07, 6.45) is 8.49. The maximum atomic E-state index is 6.11. The van der Waals surface area contributed by atoms with Crippen molar-refractivity contribution in [2.45, 2.75) is 44.8 Å². The van der Waals surface area contributed by atoms with Crippen LogP contribution in [0.2, 0.25) is 0 Å². The minimum atomic E-state index is 0. The Morgan fingerprint density at radius 2 is 2.09 bits per heavy atom. The molecule has 0 atom stereocenters. The Kier molecular flexibility index (Phi) is 9.75. The van der Waals surface area contributed by atoms with Crippen molar-refractivity contribution in [3.63, 3.8) is 0 Å². The smallest absolute Gasteiger partial charge is 0.191 e. The number of ether oxygens (including phenoxy) is 1. The molecular weight excluding hydrogens is 401 g/mol. The van der Waals surface area contributed by atoms with E-state index >= 15 is 0 Å². The van der Waals surface area contributed by atoms with Crippen LogP contribution in [0, 0.1) is 0 Å². The summed E-state index contributed by atoms with van der Waals surface area (Å²) in [5.74, 6) is 1.75. The zero-order valence-corrected chi connectivity index (χ0v) is 16.2. The molecule has 1 aliphatic carbocycles. The quantitative estimate of drug-likeness (QED) is 0.313. The lowest BCUT2D eigenvalue weighted by atomic mass is 9.98. The van der Waals surface area contributed by atoms with Crippen LogP contribution in [0.25, 0.3) is 0 Å². The van der Waals surface area contributed by atoms with Gasteiger partial charge in [0.05, 0.1) is 6.10 Å². The Morgan fingerprint density at radius 3 is 2.78 bits per heavy atom. The largest absolute Gasteiger partial charge is 0.490 e. The molecule has 128 valence electrons. The third-order valence-corrected chi connectivity index (χ3v) is 3.85. The van der Waals surface area contributed by atoms with Gasteiger partial charge in [0.15, 0.2) is 5.96 Å². The van der Waals surface area contributed by atoms with Crippen LogP contribution in [0.1, 0.15) is 37.7 Å². The van der Waals surface area contributed by atoms with Crippen molar-refractivity contribution in [3.05, 3.63) is 42.5 Å². The Balaban J connectivity index is 0.00000264. The third-order valence-electron chi connectivity index (χ3n) is 3.85. The number of hydrogen-bond acceptors (Lipinski definition) is 2. The van der Waals surface area contributed by atoms with Gasteiger partial charge in [0.25, 0.3) is 0 Å².